The molecule has 0 bridgehead atoms. The number of thioether (sulfide) groups is 1. The average molecular weight is 306 g/mol. The molecule has 1 aromatic heterocycles. The minimum absolute atomic E-state index is 0.0832. The van der Waals surface area contributed by atoms with Crippen molar-refractivity contribution in [3.63, 3.8) is 0 Å². The van der Waals surface area contributed by atoms with Gasteiger partial charge >= 0.3 is 0 Å². The molecule has 3 nitrogen and oxygen atoms in total. The highest BCUT2D eigenvalue weighted by Gasteiger charge is 2.45. The van der Waals surface area contributed by atoms with E-state index in [9.17, 15) is 9.59 Å². The van der Waals surface area contributed by atoms with Gasteiger partial charge in [0.15, 0.2) is 0 Å². The summed E-state index contributed by atoms with van der Waals surface area (Å²) in [5.74, 6) is 3.54. The second-order valence-electron chi connectivity index (χ2n) is 6.52. The molecule has 0 saturated heterocycles. The molecule has 21 heavy (non-hydrogen) atoms. The SMILES string of the molecule is O=C1CC(=O)CC(CSCc2ccco2)(C2CCCC2)C1. The molecule has 0 N–H and O–H groups in total. The van der Waals surface area contributed by atoms with Crippen LogP contribution in [0, 0.1) is 11.3 Å². The van der Waals surface area contributed by atoms with Crippen LogP contribution < -0.4 is 0 Å². The van der Waals surface area contributed by atoms with Crippen LogP contribution in [0.2, 0.25) is 0 Å². The van der Waals surface area contributed by atoms with Crippen molar-refractivity contribution >= 4 is 23.3 Å². The number of hydrogen-bond donors (Lipinski definition) is 0. The van der Waals surface area contributed by atoms with Gasteiger partial charge in [0.1, 0.15) is 17.3 Å². The Morgan fingerprint density at radius 2 is 1.90 bits per heavy atom. The Labute approximate surface area is 129 Å². The molecule has 0 spiro atoms. The van der Waals surface area contributed by atoms with Crippen LogP contribution in [0.5, 0.6) is 0 Å². The normalized spacial score (nSPS) is 22.9. The molecule has 2 aliphatic rings. The molecule has 0 aliphatic heterocycles. The largest absolute Gasteiger partial charge is 0.468 e. The molecule has 0 unspecified atom stereocenters. The lowest BCUT2D eigenvalue weighted by Crippen LogP contribution is -2.41. The Bertz CT molecular complexity index is 484. The van der Waals surface area contributed by atoms with Crippen LogP contribution in [-0.4, -0.2) is 17.3 Å². The third-order valence-corrected chi connectivity index (χ3v) is 6.20. The summed E-state index contributed by atoms with van der Waals surface area (Å²) in [5, 5.41) is 0. The fourth-order valence-electron chi connectivity index (χ4n) is 3.99. The van der Waals surface area contributed by atoms with Crippen LogP contribution >= 0.6 is 11.8 Å². The zero-order chi connectivity index (χ0) is 14.7. The van der Waals surface area contributed by atoms with Crippen molar-refractivity contribution in [3.05, 3.63) is 24.2 Å². The highest BCUT2D eigenvalue weighted by atomic mass is 32.2. The van der Waals surface area contributed by atoms with Gasteiger partial charge in [0, 0.05) is 18.6 Å². The van der Waals surface area contributed by atoms with E-state index in [-0.39, 0.29) is 23.4 Å². The van der Waals surface area contributed by atoms with Crippen molar-refractivity contribution in [1.82, 2.24) is 0 Å². The number of furan rings is 1. The van der Waals surface area contributed by atoms with E-state index in [0.717, 1.165) is 17.3 Å². The Hall–Kier alpha value is -1.03. The summed E-state index contributed by atoms with van der Waals surface area (Å²) in [7, 11) is 0. The molecular formula is C17H22O3S. The van der Waals surface area contributed by atoms with Crippen molar-refractivity contribution in [1.29, 1.82) is 0 Å². The fraction of sp³-hybridized carbons (Fsp3) is 0.647. The van der Waals surface area contributed by atoms with E-state index in [4.69, 9.17) is 4.42 Å². The van der Waals surface area contributed by atoms with E-state index >= 15 is 0 Å². The van der Waals surface area contributed by atoms with E-state index in [1.165, 1.54) is 25.7 Å². The molecule has 2 saturated carbocycles. The Morgan fingerprint density at radius 1 is 1.19 bits per heavy atom. The summed E-state index contributed by atoms with van der Waals surface area (Å²) in [6.45, 7) is 0. The van der Waals surface area contributed by atoms with Crippen LogP contribution in [-0.2, 0) is 15.3 Å². The van der Waals surface area contributed by atoms with Crippen LogP contribution in [0.25, 0.3) is 0 Å². The monoisotopic (exact) mass is 306 g/mol. The summed E-state index contributed by atoms with van der Waals surface area (Å²) in [6, 6.07) is 3.88. The maximum Gasteiger partial charge on any atom is 0.140 e. The van der Waals surface area contributed by atoms with Gasteiger partial charge in [0.05, 0.1) is 18.4 Å². The quantitative estimate of drug-likeness (QED) is 0.771. The summed E-state index contributed by atoms with van der Waals surface area (Å²) >= 11 is 1.81. The Kier molecular flexibility index (Phi) is 4.53. The molecule has 2 fully saturated rings. The number of hydrogen-bond acceptors (Lipinski definition) is 4. The van der Waals surface area contributed by atoms with Gasteiger partial charge in [-0.05, 0) is 36.3 Å². The predicted octanol–water partition coefficient (Wildman–Crippen LogP) is 4.01. The van der Waals surface area contributed by atoms with Gasteiger partial charge < -0.3 is 4.42 Å². The van der Waals surface area contributed by atoms with Crippen molar-refractivity contribution in [2.75, 3.05) is 5.75 Å². The number of Topliss-reactive ketones (excluding diaryl/α,β-unsaturated/α-hetero) is 2. The summed E-state index contributed by atoms with van der Waals surface area (Å²) in [6.07, 6.45) is 7.93. The van der Waals surface area contributed by atoms with E-state index in [1.807, 2.05) is 23.9 Å². The van der Waals surface area contributed by atoms with Gasteiger partial charge in [-0.15, -0.1) is 0 Å². The lowest BCUT2D eigenvalue weighted by Gasteiger charge is -2.40. The van der Waals surface area contributed by atoms with Gasteiger partial charge in [0.2, 0.25) is 0 Å². The highest BCUT2D eigenvalue weighted by molar-refractivity contribution is 7.98. The van der Waals surface area contributed by atoms with Crippen molar-refractivity contribution in [3.8, 4) is 0 Å². The second kappa shape index (κ2) is 6.39. The van der Waals surface area contributed by atoms with Crippen molar-refractivity contribution in [2.45, 2.75) is 50.7 Å². The molecule has 1 aromatic rings. The summed E-state index contributed by atoms with van der Waals surface area (Å²) in [5.41, 5.74) is -0.0832. The van der Waals surface area contributed by atoms with Gasteiger partial charge in [-0.2, -0.15) is 11.8 Å². The maximum absolute atomic E-state index is 12.0. The molecule has 4 heteroatoms. The maximum atomic E-state index is 12.0. The Balaban J connectivity index is 1.69. The molecule has 0 radical (unpaired) electrons. The average Bonchev–Trinajstić information content (AvgIpc) is 3.11. The second-order valence-corrected chi connectivity index (χ2v) is 7.51. The Morgan fingerprint density at radius 3 is 2.52 bits per heavy atom. The zero-order valence-corrected chi connectivity index (χ0v) is 13.1. The molecule has 114 valence electrons. The first-order chi connectivity index (χ1) is 10.2. The predicted molar refractivity (Wildman–Crippen MR) is 83.1 cm³/mol. The molecule has 3 rings (SSSR count). The van der Waals surface area contributed by atoms with E-state index in [1.54, 1.807) is 6.26 Å². The van der Waals surface area contributed by atoms with Gasteiger partial charge in [0.25, 0.3) is 0 Å². The van der Waals surface area contributed by atoms with Crippen LogP contribution in [0.1, 0.15) is 50.7 Å². The summed E-state index contributed by atoms with van der Waals surface area (Å²) in [4.78, 5) is 24.0. The first-order valence-electron chi connectivity index (χ1n) is 7.81. The highest BCUT2D eigenvalue weighted by Crippen LogP contribution is 2.49. The van der Waals surface area contributed by atoms with E-state index < -0.39 is 0 Å². The first kappa shape index (κ1) is 14.9. The van der Waals surface area contributed by atoms with Crippen molar-refractivity contribution < 1.29 is 14.0 Å². The standard InChI is InChI=1S/C17H22O3S/c18-14-8-15(19)10-17(9-14,13-4-1-2-5-13)12-21-11-16-6-3-7-20-16/h3,6-7,13H,1-2,4-5,8-12H2. The first-order valence-corrected chi connectivity index (χ1v) is 8.97. The van der Waals surface area contributed by atoms with Gasteiger partial charge in [-0.3, -0.25) is 9.59 Å². The van der Waals surface area contributed by atoms with Crippen LogP contribution in [0.3, 0.4) is 0 Å². The molecule has 0 aromatic carbocycles. The minimum atomic E-state index is -0.0832. The smallest absolute Gasteiger partial charge is 0.140 e. The third-order valence-electron chi connectivity index (χ3n) is 4.93. The lowest BCUT2D eigenvalue weighted by atomic mass is 9.65. The molecular weight excluding hydrogens is 284 g/mol. The van der Waals surface area contributed by atoms with E-state index in [0.29, 0.717) is 18.8 Å². The molecule has 2 aliphatic carbocycles. The van der Waals surface area contributed by atoms with E-state index in [2.05, 4.69) is 0 Å². The zero-order valence-electron chi connectivity index (χ0n) is 12.3. The number of carbonyl (C=O) groups is 2. The topological polar surface area (TPSA) is 47.3 Å². The minimum Gasteiger partial charge on any atom is -0.468 e. The lowest BCUT2D eigenvalue weighted by molar-refractivity contribution is -0.135. The van der Waals surface area contributed by atoms with Gasteiger partial charge in [-0.1, -0.05) is 12.8 Å². The summed E-state index contributed by atoms with van der Waals surface area (Å²) < 4.78 is 5.37. The molecule has 1 heterocycles. The number of rotatable bonds is 5. The number of ketones is 2. The molecule has 0 amide bonds. The van der Waals surface area contributed by atoms with Crippen molar-refractivity contribution in [2.24, 2.45) is 11.3 Å². The molecule has 0 atom stereocenters. The van der Waals surface area contributed by atoms with Crippen LogP contribution in [0.4, 0.5) is 0 Å². The fourth-order valence-corrected chi connectivity index (χ4v) is 5.30. The van der Waals surface area contributed by atoms with Gasteiger partial charge in [-0.25, -0.2) is 0 Å². The third kappa shape index (κ3) is 3.42. The van der Waals surface area contributed by atoms with Crippen LogP contribution in [0.15, 0.2) is 22.8 Å². The number of carbonyl (C=O) groups excluding carboxylic acids is 2.